The van der Waals surface area contributed by atoms with Gasteiger partial charge in [-0.1, -0.05) is 78.9 Å². The first-order chi connectivity index (χ1) is 25.0. The van der Waals surface area contributed by atoms with Gasteiger partial charge in [-0.05, 0) is 41.5 Å². The molecule has 52 heavy (non-hydrogen) atoms. The van der Waals surface area contributed by atoms with Crippen LogP contribution in [0.1, 0.15) is 53.5 Å². The van der Waals surface area contributed by atoms with Gasteiger partial charge in [0.15, 0.2) is 0 Å². The van der Waals surface area contributed by atoms with Gasteiger partial charge in [-0.25, -0.2) is 13.1 Å². The fraction of sp³-hybridized carbons (Fsp3) is 0.405. The molecular formula is C37H51N7O7S. The molecule has 0 saturated heterocycles. The zero-order chi connectivity index (χ0) is 37.8. The van der Waals surface area contributed by atoms with Crippen LogP contribution in [0.5, 0.6) is 0 Å². The number of hydrogen-bond acceptors (Lipinski definition) is 9. The fourth-order valence-corrected chi connectivity index (χ4v) is 6.58. The molecule has 2 atom stereocenters. The van der Waals surface area contributed by atoms with Crippen molar-refractivity contribution < 1.29 is 32.3 Å². The Bertz CT molecular complexity index is 1690. The van der Waals surface area contributed by atoms with E-state index in [9.17, 15) is 22.8 Å². The largest absolute Gasteiger partial charge is 0.384 e. The molecule has 0 saturated carbocycles. The first-order valence-corrected chi connectivity index (χ1v) is 18.8. The molecule has 0 aromatic heterocycles. The van der Waals surface area contributed by atoms with Crippen molar-refractivity contribution in [3.8, 4) is 0 Å². The van der Waals surface area contributed by atoms with E-state index in [-0.39, 0.29) is 49.9 Å². The number of carbonyl (C=O) groups is 3. The van der Waals surface area contributed by atoms with E-state index >= 15 is 0 Å². The Kier molecular flexibility index (Phi) is 17.9. The van der Waals surface area contributed by atoms with Crippen molar-refractivity contribution in [1.82, 2.24) is 20.7 Å². The summed E-state index contributed by atoms with van der Waals surface area (Å²) in [6.07, 6.45) is 1.32. The summed E-state index contributed by atoms with van der Waals surface area (Å²) < 4.78 is 39.4. The van der Waals surface area contributed by atoms with Crippen molar-refractivity contribution in [2.24, 2.45) is 11.5 Å². The van der Waals surface area contributed by atoms with Crippen LogP contribution in [0.15, 0.2) is 78.9 Å². The standard InChI is InChI=1S/C37H51N7O7S/c1-50-20-21-51-19-17-34(45)41-18-6-5-12-32(44-52(48,49)26-28-8-3-2-4-9-28)37(47)43-33(23-29-10-7-11-30(22-29)24-38)36(46)42-25-27-13-15-31(16-14-27)35(39)40/h2-4,7-11,13-16,22,32-33,44H,5-6,12,17-21,23-26,38H2,1H3,(H3,39,40)(H,41,45)(H,42,46)(H,43,47)/t32-,33+/m1/s1. The van der Waals surface area contributed by atoms with Crippen LogP contribution in [0.2, 0.25) is 0 Å². The molecule has 0 aliphatic heterocycles. The number of amides is 3. The molecular weight excluding hydrogens is 687 g/mol. The van der Waals surface area contributed by atoms with Gasteiger partial charge in [0.25, 0.3) is 0 Å². The normalized spacial score (nSPS) is 12.4. The Morgan fingerprint density at radius 3 is 2.21 bits per heavy atom. The highest BCUT2D eigenvalue weighted by atomic mass is 32.2. The van der Waals surface area contributed by atoms with Crippen molar-refractivity contribution in [2.75, 3.05) is 33.5 Å². The maximum absolute atomic E-state index is 13.9. The number of nitrogens with two attached hydrogens (primary N) is 2. The maximum atomic E-state index is 13.9. The predicted molar refractivity (Wildman–Crippen MR) is 199 cm³/mol. The zero-order valence-corrected chi connectivity index (χ0v) is 30.4. The summed E-state index contributed by atoms with van der Waals surface area (Å²) in [5, 5.41) is 16.1. The Balaban J connectivity index is 1.72. The molecule has 3 amide bonds. The van der Waals surface area contributed by atoms with Crippen LogP contribution in [-0.4, -0.2) is 77.5 Å². The SMILES string of the molecule is COCCOCCC(=O)NCCCC[C@@H](NS(=O)(=O)Cc1ccccc1)C(=O)N[C@@H](Cc1cccc(CN)c1)C(=O)NCc1ccc(C(=N)N)cc1. The number of nitrogen functional groups attached to an aromatic ring is 1. The van der Waals surface area contributed by atoms with E-state index in [4.69, 9.17) is 26.4 Å². The topological polar surface area (TPSA) is 228 Å². The predicted octanol–water partition coefficient (Wildman–Crippen LogP) is 1.60. The van der Waals surface area contributed by atoms with Gasteiger partial charge < -0.3 is 36.9 Å². The molecule has 0 heterocycles. The van der Waals surface area contributed by atoms with E-state index in [2.05, 4.69) is 20.7 Å². The van der Waals surface area contributed by atoms with E-state index in [1.165, 1.54) is 0 Å². The molecule has 0 spiro atoms. The number of unbranched alkanes of at least 4 members (excludes halogenated alkanes) is 1. The Labute approximate surface area is 306 Å². The number of hydrogen-bond donors (Lipinski definition) is 7. The minimum absolute atomic E-state index is 0.0729. The second-order valence-electron chi connectivity index (χ2n) is 12.2. The molecule has 15 heteroatoms. The van der Waals surface area contributed by atoms with Crippen LogP contribution in [0.25, 0.3) is 0 Å². The lowest BCUT2D eigenvalue weighted by molar-refractivity contribution is -0.130. The smallest absolute Gasteiger partial charge is 0.243 e. The third-order valence-electron chi connectivity index (χ3n) is 8.02. The molecule has 0 aliphatic rings. The monoisotopic (exact) mass is 737 g/mol. The molecule has 9 N–H and O–H groups in total. The first-order valence-electron chi connectivity index (χ1n) is 17.2. The van der Waals surface area contributed by atoms with Crippen LogP contribution in [0.4, 0.5) is 0 Å². The molecule has 3 rings (SSSR count). The average Bonchev–Trinajstić information content (AvgIpc) is 3.13. The minimum Gasteiger partial charge on any atom is -0.384 e. The summed E-state index contributed by atoms with van der Waals surface area (Å²) in [6, 6.07) is 20.6. The summed E-state index contributed by atoms with van der Waals surface area (Å²) in [6.45, 7) is 1.86. The van der Waals surface area contributed by atoms with Crippen LogP contribution < -0.4 is 32.1 Å². The van der Waals surface area contributed by atoms with Crippen LogP contribution in [0, 0.1) is 5.41 Å². The molecule has 0 unspecified atom stereocenters. The summed E-state index contributed by atoms with van der Waals surface area (Å²) in [7, 11) is -2.41. The number of sulfonamides is 1. The van der Waals surface area contributed by atoms with Crippen molar-refractivity contribution in [3.05, 3.63) is 107 Å². The molecule has 3 aromatic rings. The zero-order valence-electron chi connectivity index (χ0n) is 29.6. The summed E-state index contributed by atoms with van der Waals surface area (Å²) in [4.78, 5) is 39.7. The van der Waals surface area contributed by atoms with Crippen LogP contribution in [0.3, 0.4) is 0 Å². The van der Waals surface area contributed by atoms with Gasteiger partial charge in [-0.2, -0.15) is 0 Å². The maximum Gasteiger partial charge on any atom is 0.243 e. The lowest BCUT2D eigenvalue weighted by atomic mass is 10.0. The lowest BCUT2D eigenvalue weighted by Gasteiger charge is -2.24. The van der Waals surface area contributed by atoms with Crippen molar-refractivity contribution >= 4 is 33.6 Å². The number of amidine groups is 1. The third-order valence-corrected chi connectivity index (χ3v) is 9.37. The number of carbonyl (C=O) groups excluding carboxylic acids is 3. The van der Waals surface area contributed by atoms with Crippen molar-refractivity contribution in [1.29, 1.82) is 5.41 Å². The fourth-order valence-electron chi connectivity index (χ4n) is 5.21. The second-order valence-corrected chi connectivity index (χ2v) is 14.0. The third kappa shape index (κ3) is 15.7. The lowest BCUT2D eigenvalue weighted by Crippen LogP contribution is -2.54. The van der Waals surface area contributed by atoms with E-state index in [1.54, 1.807) is 61.7 Å². The second kappa shape index (κ2) is 22.3. The summed E-state index contributed by atoms with van der Waals surface area (Å²) in [5.74, 6) is -1.72. The van der Waals surface area contributed by atoms with E-state index < -0.39 is 33.9 Å². The highest BCUT2D eigenvalue weighted by Gasteiger charge is 2.29. The summed E-state index contributed by atoms with van der Waals surface area (Å²) in [5.41, 5.74) is 14.9. The van der Waals surface area contributed by atoms with Gasteiger partial charge >= 0.3 is 0 Å². The van der Waals surface area contributed by atoms with Crippen LogP contribution in [-0.2, 0) is 59.1 Å². The van der Waals surface area contributed by atoms with Gasteiger partial charge in [0.2, 0.25) is 27.7 Å². The quantitative estimate of drug-likeness (QED) is 0.0402. The minimum atomic E-state index is -3.97. The number of nitrogens with one attached hydrogen (secondary N) is 5. The molecule has 0 radical (unpaired) electrons. The number of rotatable bonds is 24. The molecule has 0 bridgehead atoms. The summed E-state index contributed by atoms with van der Waals surface area (Å²) >= 11 is 0. The van der Waals surface area contributed by atoms with Gasteiger partial charge in [-0.15, -0.1) is 0 Å². The molecule has 14 nitrogen and oxygen atoms in total. The molecule has 3 aromatic carbocycles. The molecule has 0 fully saturated rings. The number of benzene rings is 3. The Morgan fingerprint density at radius 1 is 0.808 bits per heavy atom. The van der Waals surface area contributed by atoms with Crippen molar-refractivity contribution in [2.45, 2.75) is 63.0 Å². The van der Waals surface area contributed by atoms with Gasteiger partial charge in [-0.3, -0.25) is 19.8 Å². The molecule has 282 valence electrons. The van der Waals surface area contributed by atoms with E-state index in [1.807, 2.05) is 24.3 Å². The van der Waals surface area contributed by atoms with Crippen molar-refractivity contribution in [3.63, 3.8) is 0 Å². The number of methoxy groups -OCH3 is 1. The first kappa shape index (κ1) is 41.7. The number of ether oxygens (including phenoxy) is 2. The molecule has 0 aliphatic carbocycles. The van der Waals surface area contributed by atoms with Gasteiger partial charge in [0, 0.05) is 45.1 Å². The van der Waals surface area contributed by atoms with E-state index in [0.29, 0.717) is 50.3 Å². The van der Waals surface area contributed by atoms with E-state index in [0.717, 1.165) is 16.7 Å². The van der Waals surface area contributed by atoms with Gasteiger partial charge in [0.05, 0.1) is 25.6 Å². The Hall–Kier alpha value is -4.67. The highest BCUT2D eigenvalue weighted by Crippen LogP contribution is 2.12. The Morgan fingerprint density at radius 2 is 1.52 bits per heavy atom. The van der Waals surface area contributed by atoms with Gasteiger partial charge in [0.1, 0.15) is 17.9 Å². The average molecular weight is 738 g/mol. The highest BCUT2D eigenvalue weighted by molar-refractivity contribution is 7.88. The van der Waals surface area contributed by atoms with Crippen LogP contribution >= 0.6 is 0 Å².